The molecule has 0 radical (unpaired) electrons. The van der Waals surface area contributed by atoms with Crippen molar-refractivity contribution in [3.05, 3.63) is 35.0 Å². The molecule has 2 aliphatic rings. The molecule has 1 aliphatic heterocycles. The molecule has 0 aromatic carbocycles. The molecule has 1 saturated carbocycles. The molecular formula is C22H30N4OS. The Morgan fingerprint density at radius 2 is 1.89 bits per heavy atom. The van der Waals surface area contributed by atoms with Gasteiger partial charge in [-0.2, -0.15) is 0 Å². The Hall–Kier alpha value is -1.79. The fourth-order valence-electron chi connectivity index (χ4n) is 4.71. The van der Waals surface area contributed by atoms with E-state index in [0.717, 1.165) is 22.9 Å². The van der Waals surface area contributed by atoms with E-state index in [1.165, 1.54) is 75.8 Å². The van der Waals surface area contributed by atoms with Gasteiger partial charge >= 0.3 is 0 Å². The van der Waals surface area contributed by atoms with Crippen LogP contribution in [0.5, 0.6) is 0 Å². The Balaban J connectivity index is 1.47. The van der Waals surface area contributed by atoms with Crippen molar-refractivity contribution in [3.63, 3.8) is 0 Å². The van der Waals surface area contributed by atoms with Crippen molar-refractivity contribution in [2.45, 2.75) is 63.8 Å². The quantitative estimate of drug-likeness (QED) is 0.809. The molecule has 2 aromatic rings. The Bertz CT molecular complexity index is 792. The highest BCUT2D eigenvalue weighted by Crippen LogP contribution is 2.35. The molecule has 0 bridgehead atoms. The van der Waals surface area contributed by atoms with Crippen LogP contribution in [0.25, 0.3) is 10.7 Å². The molecule has 5 nitrogen and oxygen atoms in total. The lowest BCUT2D eigenvalue weighted by molar-refractivity contribution is 0.0327. The number of hydrogen-bond acceptors (Lipinski definition) is 5. The molecular weight excluding hydrogens is 368 g/mol. The highest BCUT2D eigenvalue weighted by Gasteiger charge is 2.38. The Kier molecular flexibility index (Phi) is 6.07. The monoisotopic (exact) mass is 398 g/mol. The van der Waals surface area contributed by atoms with E-state index in [1.807, 2.05) is 25.1 Å². The Labute approximate surface area is 171 Å². The number of thiazole rings is 1. The summed E-state index contributed by atoms with van der Waals surface area (Å²) in [7, 11) is 0. The minimum atomic E-state index is 0.0131. The fraction of sp³-hybridized carbons (Fsp3) is 0.591. The number of likely N-dealkylation sites (tertiary alicyclic amines) is 1. The lowest BCUT2D eigenvalue weighted by atomic mass is 9.79. The Morgan fingerprint density at radius 3 is 2.61 bits per heavy atom. The second-order valence-electron chi connectivity index (χ2n) is 8.16. The number of aryl methyl sites for hydroxylation is 1. The summed E-state index contributed by atoms with van der Waals surface area (Å²) in [6, 6.07) is 5.78. The predicted octanol–water partition coefficient (Wildman–Crippen LogP) is 4.43. The van der Waals surface area contributed by atoms with Crippen LogP contribution in [0, 0.1) is 6.92 Å². The van der Waals surface area contributed by atoms with Gasteiger partial charge in [-0.05, 0) is 57.8 Å². The van der Waals surface area contributed by atoms with Crippen LogP contribution in [-0.2, 0) is 0 Å². The van der Waals surface area contributed by atoms with Gasteiger partial charge < -0.3 is 5.32 Å². The first-order valence-corrected chi connectivity index (χ1v) is 11.4. The van der Waals surface area contributed by atoms with Crippen molar-refractivity contribution in [1.29, 1.82) is 0 Å². The Morgan fingerprint density at radius 1 is 1.14 bits per heavy atom. The second kappa shape index (κ2) is 8.70. The maximum atomic E-state index is 13.0. The molecule has 2 fully saturated rings. The van der Waals surface area contributed by atoms with Gasteiger partial charge in [-0.1, -0.05) is 31.7 Å². The molecule has 2 aromatic heterocycles. The van der Waals surface area contributed by atoms with Crippen LogP contribution in [0.3, 0.4) is 0 Å². The first kappa shape index (κ1) is 19.5. The number of piperidine rings is 1. The number of nitrogens with one attached hydrogen (secondary N) is 1. The number of amides is 1. The van der Waals surface area contributed by atoms with E-state index >= 15 is 0 Å². The molecule has 1 amide bonds. The molecule has 1 N–H and O–H groups in total. The lowest BCUT2D eigenvalue weighted by Crippen LogP contribution is -2.58. The number of nitrogens with zero attached hydrogens (tertiary/aromatic N) is 3. The first-order chi connectivity index (χ1) is 13.7. The zero-order chi connectivity index (χ0) is 19.4. The smallest absolute Gasteiger partial charge is 0.263 e. The molecule has 3 heterocycles. The zero-order valence-corrected chi connectivity index (χ0v) is 17.6. The van der Waals surface area contributed by atoms with Crippen LogP contribution in [0.4, 0.5) is 0 Å². The first-order valence-electron chi connectivity index (χ1n) is 10.6. The van der Waals surface area contributed by atoms with Gasteiger partial charge in [-0.3, -0.25) is 14.7 Å². The van der Waals surface area contributed by atoms with Crippen molar-refractivity contribution in [2.24, 2.45) is 0 Å². The van der Waals surface area contributed by atoms with Crippen molar-refractivity contribution in [3.8, 4) is 10.7 Å². The van der Waals surface area contributed by atoms with Gasteiger partial charge in [0, 0.05) is 18.3 Å². The molecule has 150 valence electrons. The third-order valence-electron chi connectivity index (χ3n) is 6.28. The van der Waals surface area contributed by atoms with Crippen molar-refractivity contribution >= 4 is 17.2 Å². The minimum absolute atomic E-state index is 0.0131. The number of hydrogen-bond donors (Lipinski definition) is 1. The number of carbonyl (C=O) groups is 1. The van der Waals surface area contributed by atoms with E-state index in [-0.39, 0.29) is 11.4 Å². The summed E-state index contributed by atoms with van der Waals surface area (Å²) in [6.45, 7) is 5.03. The van der Waals surface area contributed by atoms with Crippen LogP contribution in [0.1, 0.15) is 66.7 Å². The molecule has 0 unspecified atom stereocenters. The molecule has 6 heteroatoms. The number of aromatic nitrogens is 2. The van der Waals surface area contributed by atoms with E-state index in [0.29, 0.717) is 4.88 Å². The van der Waals surface area contributed by atoms with Crippen LogP contribution in [-0.4, -0.2) is 45.9 Å². The van der Waals surface area contributed by atoms with Crippen molar-refractivity contribution in [1.82, 2.24) is 20.2 Å². The van der Waals surface area contributed by atoms with Gasteiger partial charge in [0.05, 0.1) is 11.4 Å². The second-order valence-corrected chi connectivity index (χ2v) is 9.16. The SMILES string of the molecule is Cc1nc(-c2ccccn2)sc1C(=O)NCC1(N2CCCCC2)CCCCC1. The highest BCUT2D eigenvalue weighted by atomic mass is 32.1. The number of carbonyl (C=O) groups excluding carboxylic acids is 1. The molecule has 1 saturated heterocycles. The molecule has 4 rings (SSSR count). The summed E-state index contributed by atoms with van der Waals surface area (Å²) >= 11 is 1.44. The fourth-order valence-corrected chi connectivity index (χ4v) is 5.67. The normalized spacial score (nSPS) is 20.0. The summed E-state index contributed by atoms with van der Waals surface area (Å²) in [5, 5.41) is 4.09. The van der Waals surface area contributed by atoms with Crippen LogP contribution in [0.15, 0.2) is 24.4 Å². The van der Waals surface area contributed by atoms with Crippen LogP contribution < -0.4 is 5.32 Å². The van der Waals surface area contributed by atoms with Crippen LogP contribution in [0.2, 0.25) is 0 Å². The van der Waals surface area contributed by atoms with Crippen molar-refractivity contribution in [2.75, 3.05) is 19.6 Å². The standard InChI is InChI=1S/C22H30N4OS/c1-17-19(28-21(25-17)18-10-4-7-13-23-18)20(27)24-16-22(11-5-2-6-12-22)26-14-8-3-9-15-26/h4,7,10,13H,2-3,5-6,8-9,11-12,14-16H2,1H3,(H,24,27). The summed E-state index contributed by atoms with van der Waals surface area (Å²) in [5.41, 5.74) is 1.77. The lowest BCUT2D eigenvalue weighted by Gasteiger charge is -2.48. The van der Waals surface area contributed by atoms with Gasteiger partial charge in [0.15, 0.2) is 0 Å². The average Bonchev–Trinajstić information content (AvgIpc) is 3.16. The van der Waals surface area contributed by atoms with Gasteiger partial charge in [0.2, 0.25) is 0 Å². The molecule has 28 heavy (non-hydrogen) atoms. The molecule has 0 atom stereocenters. The third kappa shape index (κ3) is 4.13. The molecule has 1 aliphatic carbocycles. The van der Waals surface area contributed by atoms with E-state index in [1.54, 1.807) is 6.20 Å². The van der Waals surface area contributed by atoms with Gasteiger partial charge in [0.1, 0.15) is 9.88 Å². The van der Waals surface area contributed by atoms with E-state index in [9.17, 15) is 4.79 Å². The van der Waals surface area contributed by atoms with E-state index in [4.69, 9.17) is 0 Å². The van der Waals surface area contributed by atoms with Gasteiger partial charge in [0.25, 0.3) is 5.91 Å². The topological polar surface area (TPSA) is 58.1 Å². The van der Waals surface area contributed by atoms with Gasteiger partial charge in [-0.15, -0.1) is 11.3 Å². The van der Waals surface area contributed by atoms with Gasteiger partial charge in [-0.25, -0.2) is 4.98 Å². The largest absolute Gasteiger partial charge is 0.349 e. The third-order valence-corrected chi connectivity index (χ3v) is 7.45. The summed E-state index contributed by atoms with van der Waals surface area (Å²) < 4.78 is 0. The van der Waals surface area contributed by atoms with Crippen molar-refractivity contribution < 1.29 is 4.79 Å². The number of pyridine rings is 1. The minimum Gasteiger partial charge on any atom is -0.349 e. The average molecular weight is 399 g/mol. The number of rotatable bonds is 5. The highest BCUT2D eigenvalue weighted by molar-refractivity contribution is 7.17. The zero-order valence-electron chi connectivity index (χ0n) is 16.7. The van der Waals surface area contributed by atoms with E-state index in [2.05, 4.69) is 20.2 Å². The molecule has 0 spiro atoms. The maximum Gasteiger partial charge on any atom is 0.263 e. The maximum absolute atomic E-state index is 13.0. The van der Waals surface area contributed by atoms with E-state index < -0.39 is 0 Å². The summed E-state index contributed by atoms with van der Waals surface area (Å²) in [6.07, 6.45) is 12.0. The summed E-state index contributed by atoms with van der Waals surface area (Å²) in [4.78, 5) is 25.3. The summed E-state index contributed by atoms with van der Waals surface area (Å²) in [5.74, 6) is 0.0131. The predicted molar refractivity (Wildman–Crippen MR) is 114 cm³/mol. The van der Waals surface area contributed by atoms with Crippen LogP contribution >= 0.6 is 11.3 Å².